The fourth-order valence-corrected chi connectivity index (χ4v) is 2.16. The van der Waals surface area contributed by atoms with Gasteiger partial charge >= 0.3 is 0 Å². The van der Waals surface area contributed by atoms with Crippen molar-refractivity contribution in [2.75, 3.05) is 0 Å². The Morgan fingerprint density at radius 3 is 2.36 bits per heavy atom. The molecule has 1 rings (SSSR count). The lowest BCUT2D eigenvalue weighted by atomic mass is 10.2. The number of aryl methyl sites for hydroxylation is 1. The minimum Gasteiger partial charge on any atom is -0.213 e. The van der Waals surface area contributed by atoms with Crippen LogP contribution in [-0.4, -0.2) is 8.42 Å². The van der Waals surface area contributed by atoms with E-state index < -0.39 is 7.01 Å². The van der Waals surface area contributed by atoms with Gasteiger partial charge in [-0.15, -0.1) is 0 Å². The summed E-state index contributed by atoms with van der Waals surface area (Å²) in [5, 5.41) is 0. The summed E-state index contributed by atoms with van der Waals surface area (Å²) in [5.41, 5.74) is 0.961. The van der Waals surface area contributed by atoms with Crippen LogP contribution in [0.25, 0.3) is 0 Å². The molecule has 2 nitrogen and oxygen atoms in total. The Morgan fingerprint density at radius 2 is 2.00 bits per heavy atom. The van der Waals surface area contributed by atoms with Crippen LogP contribution >= 0.6 is 21.2 Å². The second-order valence-corrected chi connectivity index (χ2v) is 7.08. The Morgan fingerprint density at radius 1 is 1.36 bits per heavy atom. The van der Waals surface area contributed by atoms with Crippen LogP contribution in [0.2, 0.25) is 0 Å². The van der Waals surface area contributed by atoms with Crippen LogP contribution < -0.4 is 0 Å². The molecule has 4 heteroatoms. The maximum absolute atomic E-state index is 11.0. The van der Waals surface area contributed by atoms with Crippen molar-refractivity contribution in [1.82, 2.24) is 0 Å². The van der Waals surface area contributed by atoms with Crippen molar-refractivity contribution in [3.8, 4) is 0 Å². The minimum atomic E-state index is -3.06. The standard InChI is InChI=1S/C7H7IO2S/c1-6-3-2-4-7(5-6)11(8,9)10/h2-5H,1H3. The van der Waals surface area contributed by atoms with Gasteiger partial charge in [0, 0.05) is 0 Å². The van der Waals surface area contributed by atoms with Gasteiger partial charge in [0.2, 0.25) is 7.01 Å². The Hall–Kier alpha value is -0.100. The zero-order valence-corrected chi connectivity index (χ0v) is 8.89. The molecule has 0 heterocycles. The van der Waals surface area contributed by atoms with Crippen LogP contribution in [0.15, 0.2) is 29.2 Å². The van der Waals surface area contributed by atoms with Crippen molar-refractivity contribution in [2.24, 2.45) is 0 Å². The average molecular weight is 282 g/mol. The molecule has 0 saturated heterocycles. The zero-order chi connectivity index (χ0) is 8.48. The van der Waals surface area contributed by atoms with Crippen LogP contribution in [0.4, 0.5) is 0 Å². The first-order valence-corrected chi connectivity index (χ1v) is 7.04. The summed E-state index contributed by atoms with van der Waals surface area (Å²) in [6, 6.07) is 6.85. The third kappa shape index (κ3) is 2.44. The normalized spacial score (nSPS) is 11.5. The minimum absolute atomic E-state index is 0.373. The van der Waals surface area contributed by atoms with Gasteiger partial charge in [0.25, 0.3) is 0 Å². The Kier molecular flexibility index (Phi) is 2.54. The maximum atomic E-state index is 11.0. The molecule has 0 N–H and O–H groups in total. The number of halogens is 1. The third-order valence-electron chi connectivity index (χ3n) is 1.27. The van der Waals surface area contributed by atoms with E-state index in [2.05, 4.69) is 0 Å². The third-order valence-corrected chi connectivity index (χ3v) is 3.61. The summed E-state index contributed by atoms with van der Waals surface area (Å²) in [4.78, 5) is 0.373. The quantitative estimate of drug-likeness (QED) is 0.584. The van der Waals surface area contributed by atoms with Gasteiger partial charge in [-0.1, -0.05) is 12.1 Å². The molecule has 0 fully saturated rings. The van der Waals surface area contributed by atoms with E-state index in [0.717, 1.165) is 5.56 Å². The SMILES string of the molecule is Cc1cccc(S(=O)(=O)I)c1. The molecule has 0 unspecified atom stereocenters. The van der Waals surface area contributed by atoms with Crippen LogP contribution in [0, 0.1) is 6.92 Å². The molecule has 0 saturated carbocycles. The van der Waals surface area contributed by atoms with Gasteiger partial charge in [0.1, 0.15) is 0 Å². The second kappa shape index (κ2) is 3.10. The molecule has 0 aliphatic carbocycles. The smallest absolute Gasteiger partial charge is 0.213 e. The lowest BCUT2D eigenvalue weighted by Gasteiger charge is -1.96. The Labute approximate surface area is 78.1 Å². The molecule has 0 aliphatic rings. The summed E-state index contributed by atoms with van der Waals surface area (Å²) in [5.74, 6) is 0. The molecule has 0 aliphatic heterocycles. The van der Waals surface area contributed by atoms with Crippen LogP contribution in [0.3, 0.4) is 0 Å². The summed E-state index contributed by atoms with van der Waals surface area (Å²) in [6.45, 7) is 1.87. The van der Waals surface area contributed by atoms with Gasteiger partial charge < -0.3 is 0 Å². The van der Waals surface area contributed by atoms with E-state index in [9.17, 15) is 8.42 Å². The topological polar surface area (TPSA) is 34.1 Å². The van der Waals surface area contributed by atoms with Crippen LogP contribution in [-0.2, 0) is 7.01 Å². The highest BCUT2D eigenvalue weighted by molar-refractivity contribution is 14.2. The molecule has 1 aromatic rings. The molecular weight excluding hydrogens is 275 g/mol. The fourth-order valence-electron chi connectivity index (χ4n) is 0.767. The van der Waals surface area contributed by atoms with Crippen molar-refractivity contribution >= 4 is 28.2 Å². The molecule has 1 aromatic carbocycles. The van der Waals surface area contributed by atoms with Gasteiger partial charge in [-0.25, -0.2) is 8.42 Å². The Bertz CT molecular complexity index is 356. The van der Waals surface area contributed by atoms with Crippen molar-refractivity contribution in [3.63, 3.8) is 0 Å². The van der Waals surface area contributed by atoms with Gasteiger partial charge in [-0.2, -0.15) is 0 Å². The van der Waals surface area contributed by atoms with Crippen LogP contribution in [0.1, 0.15) is 5.56 Å². The highest BCUT2D eigenvalue weighted by Crippen LogP contribution is 2.17. The molecule has 0 spiro atoms. The average Bonchev–Trinajstić information content (AvgIpc) is 1.86. The number of hydrogen-bond acceptors (Lipinski definition) is 2. The van der Waals surface area contributed by atoms with Gasteiger partial charge in [-0.3, -0.25) is 0 Å². The summed E-state index contributed by atoms with van der Waals surface area (Å²) >= 11 is 1.43. The molecule has 0 amide bonds. The van der Waals surface area contributed by atoms with Gasteiger partial charge in [0.15, 0.2) is 0 Å². The van der Waals surface area contributed by atoms with E-state index in [0.29, 0.717) is 4.90 Å². The van der Waals surface area contributed by atoms with E-state index in [1.54, 1.807) is 18.2 Å². The molecule has 11 heavy (non-hydrogen) atoms. The van der Waals surface area contributed by atoms with Crippen molar-refractivity contribution in [2.45, 2.75) is 11.8 Å². The summed E-state index contributed by atoms with van der Waals surface area (Å²) in [6.07, 6.45) is 0. The van der Waals surface area contributed by atoms with E-state index in [-0.39, 0.29) is 0 Å². The summed E-state index contributed by atoms with van der Waals surface area (Å²) < 4.78 is 21.9. The monoisotopic (exact) mass is 282 g/mol. The number of hydrogen-bond donors (Lipinski definition) is 0. The number of rotatable bonds is 1. The first-order chi connectivity index (χ1) is 5.00. The molecule has 0 radical (unpaired) electrons. The first kappa shape index (κ1) is 8.99. The van der Waals surface area contributed by atoms with Crippen LogP contribution in [0.5, 0.6) is 0 Å². The van der Waals surface area contributed by atoms with Gasteiger partial charge in [-0.05, 0) is 24.6 Å². The van der Waals surface area contributed by atoms with E-state index in [4.69, 9.17) is 0 Å². The fraction of sp³-hybridized carbons (Fsp3) is 0.143. The zero-order valence-electron chi connectivity index (χ0n) is 5.91. The second-order valence-electron chi connectivity index (χ2n) is 2.25. The number of benzene rings is 1. The Balaban J connectivity index is 3.28. The maximum Gasteiger partial charge on any atom is 0.231 e. The molecule has 0 bridgehead atoms. The molecule has 0 atom stereocenters. The highest BCUT2D eigenvalue weighted by atomic mass is 127. The van der Waals surface area contributed by atoms with E-state index in [1.807, 2.05) is 13.0 Å². The van der Waals surface area contributed by atoms with E-state index in [1.165, 1.54) is 21.2 Å². The first-order valence-electron chi connectivity index (χ1n) is 3.01. The largest absolute Gasteiger partial charge is 0.231 e. The van der Waals surface area contributed by atoms with E-state index >= 15 is 0 Å². The highest BCUT2D eigenvalue weighted by Gasteiger charge is 2.07. The molecule has 0 aromatic heterocycles. The van der Waals surface area contributed by atoms with Crippen molar-refractivity contribution < 1.29 is 8.42 Å². The molecular formula is C7H7IO2S. The predicted molar refractivity (Wildman–Crippen MR) is 52.4 cm³/mol. The van der Waals surface area contributed by atoms with Crippen molar-refractivity contribution in [3.05, 3.63) is 29.8 Å². The molecule has 60 valence electrons. The lowest BCUT2D eigenvalue weighted by Crippen LogP contribution is -1.88. The predicted octanol–water partition coefficient (Wildman–Crippen LogP) is 2.12. The lowest BCUT2D eigenvalue weighted by molar-refractivity contribution is 0.612. The van der Waals surface area contributed by atoms with Crippen molar-refractivity contribution in [1.29, 1.82) is 0 Å². The summed E-state index contributed by atoms with van der Waals surface area (Å²) in [7, 11) is -3.06. The van der Waals surface area contributed by atoms with Gasteiger partial charge in [0.05, 0.1) is 26.1 Å².